The molecule has 100 heavy (non-hydrogen) atoms. The fourth-order valence-corrected chi connectivity index (χ4v) is 17.6. The van der Waals surface area contributed by atoms with Crippen LogP contribution >= 0.6 is 0 Å². The second kappa shape index (κ2) is 21.7. The van der Waals surface area contributed by atoms with Crippen molar-refractivity contribution in [1.29, 1.82) is 0 Å². The largest absolute Gasteiger partial charge is 0.309 e. The maximum absolute atomic E-state index is 5.26. The van der Waals surface area contributed by atoms with E-state index in [1.54, 1.807) is 0 Å². The van der Waals surface area contributed by atoms with Crippen LogP contribution in [0.2, 0.25) is 0 Å². The number of fused-ring (bicyclic) bond motifs is 24. The van der Waals surface area contributed by atoms with Crippen molar-refractivity contribution in [3.05, 3.63) is 396 Å². The lowest BCUT2D eigenvalue weighted by Crippen LogP contribution is -2.33. The molecule has 0 radical (unpaired) electrons. The summed E-state index contributed by atoms with van der Waals surface area (Å²) in [6.07, 6.45) is 0. The highest BCUT2D eigenvalue weighted by Gasteiger charge is 2.53. The first kappa shape index (κ1) is 56.1. The Kier molecular flexibility index (Phi) is 12.1. The molecule has 1 unspecified atom stereocenters. The molecule has 14 aromatic carbocycles. The monoisotopic (exact) mass is 1270 g/mol. The molecule has 18 aromatic rings. The third kappa shape index (κ3) is 7.89. The Hall–Kier alpha value is -13.2. The van der Waals surface area contributed by atoms with Crippen LogP contribution in [-0.2, 0) is 10.8 Å². The first-order valence-corrected chi connectivity index (χ1v) is 34.4. The molecule has 0 fully saturated rings. The zero-order valence-electron chi connectivity index (χ0n) is 54.2. The number of hydrogen-bond donors (Lipinski definition) is 0. The van der Waals surface area contributed by atoms with E-state index in [1.165, 1.54) is 122 Å². The lowest BCUT2D eigenvalue weighted by Gasteiger charge is -2.39. The van der Waals surface area contributed by atoms with Crippen molar-refractivity contribution in [3.63, 3.8) is 0 Å². The molecule has 0 N–H and O–H groups in total. The summed E-state index contributed by atoms with van der Waals surface area (Å²) in [4.78, 5) is 20.8. The number of nitrogens with zero attached hydrogens (tertiary/aromatic N) is 6. The maximum Gasteiger partial charge on any atom is 0.160 e. The van der Waals surface area contributed by atoms with E-state index in [4.69, 9.17) is 19.9 Å². The minimum Gasteiger partial charge on any atom is -0.309 e. The highest BCUT2D eigenvalue weighted by Crippen LogP contribution is 2.63. The van der Waals surface area contributed by atoms with E-state index in [9.17, 15) is 0 Å². The zero-order valence-corrected chi connectivity index (χ0v) is 54.2. The second-order valence-corrected chi connectivity index (χ2v) is 26.6. The van der Waals surface area contributed by atoms with Gasteiger partial charge < -0.3 is 9.13 Å². The van der Waals surface area contributed by atoms with Gasteiger partial charge in [-0.3, -0.25) is 0 Å². The van der Waals surface area contributed by atoms with Gasteiger partial charge in [0, 0.05) is 54.9 Å². The molecule has 0 amide bonds. The first-order valence-electron chi connectivity index (χ1n) is 34.4. The fraction of sp³-hybridized carbons (Fsp3) is 0.0213. The summed E-state index contributed by atoms with van der Waals surface area (Å²) in [5, 5.41) is 5.10. The molecule has 2 aliphatic heterocycles. The van der Waals surface area contributed by atoms with Gasteiger partial charge in [0.1, 0.15) is 0 Å². The molecular weight excluding hydrogens is 1210 g/mol. The lowest BCUT2D eigenvalue weighted by molar-refractivity contribution is 0.748. The molecule has 0 bridgehead atoms. The minimum atomic E-state index is -0.526. The van der Waals surface area contributed by atoms with Crippen LogP contribution in [0.25, 0.3) is 145 Å². The van der Waals surface area contributed by atoms with Crippen molar-refractivity contribution >= 4 is 43.6 Å². The van der Waals surface area contributed by atoms with Gasteiger partial charge in [-0.05, 0) is 115 Å². The number of para-hydroxylation sites is 5. The van der Waals surface area contributed by atoms with Crippen molar-refractivity contribution in [3.8, 4) is 101 Å². The number of rotatable bonds is 6. The third-order valence-corrected chi connectivity index (χ3v) is 21.6. The van der Waals surface area contributed by atoms with Gasteiger partial charge in [0.05, 0.1) is 67.0 Å². The number of benzene rings is 14. The van der Waals surface area contributed by atoms with Crippen LogP contribution in [0.3, 0.4) is 0 Å². The summed E-state index contributed by atoms with van der Waals surface area (Å²) >= 11 is 0. The highest BCUT2D eigenvalue weighted by molar-refractivity contribution is 6.14. The second-order valence-electron chi connectivity index (χ2n) is 26.6. The normalized spacial score (nSPS) is 14.3. The van der Waals surface area contributed by atoms with Crippen LogP contribution in [0.15, 0.2) is 352 Å². The Labute approximate surface area is 577 Å². The quantitative estimate of drug-likeness (QED) is 0.166. The number of hydrogen-bond acceptors (Lipinski definition) is 4. The molecule has 4 aromatic heterocycles. The molecule has 0 saturated heterocycles. The smallest absolute Gasteiger partial charge is 0.160 e. The average Bonchev–Trinajstić information content (AvgIpc) is 1.49. The van der Waals surface area contributed by atoms with Crippen LogP contribution < -0.4 is 0 Å². The fourth-order valence-electron chi connectivity index (χ4n) is 17.6. The van der Waals surface area contributed by atoms with Crippen molar-refractivity contribution in [1.82, 2.24) is 29.1 Å². The molecule has 1 atom stereocenters. The Balaban J connectivity index is 0.000000131. The Morgan fingerprint density at radius 3 is 1.04 bits per heavy atom. The predicted molar refractivity (Wildman–Crippen MR) is 407 cm³/mol. The van der Waals surface area contributed by atoms with Gasteiger partial charge in [-0.1, -0.05) is 303 Å². The van der Waals surface area contributed by atoms with Crippen molar-refractivity contribution in [2.75, 3.05) is 0 Å². The molecule has 464 valence electrons. The van der Waals surface area contributed by atoms with E-state index < -0.39 is 10.8 Å². The van der Waals surface area contributed by atoms with Crippen LogP contribution in [0.4, 0.5) is 0 Å². The zero-order chi connectivity index (χ0) is 65.6. The van der Waals surface area contributed by atoms with Gasteiger partial charge >= 0.3 is 0 Å². The third-order valence-electron chi connectivity index (χ3n) is 21.6. The van der Waals surface area contributed by atoms with E-state index in [2.05, 4.69) is 325 Å². The van der Waals surface area contributed by atoms with Crippen LogP contribution in [0.5, 0.6) is 0 Å². The Morgan fingerprint density at radius 1 is 0.200 bits per heavy atom. The predicted octanol–water partition coefficient (Wildman–Crippen LogP) is 22.5. The highest BCUT2D eigenvalue weighted by atomic mass is 15.0. The van der Waals surface area contributed by atoms with Gasteiger partial charge in [-0.25, -0.2) is 19.9 Å². The summed E-state index contributed by atoms with van der Waals surface area (Å²) < 4.78 is 4.99. The van der Waals surface area contributed by atoms with E-state index in [0.717, 1.165) is 67.8 Å². The standard InChI is InChI=1S/2C47H29N3/c1-3-14-30(15-4-1)41-29-42(49-46(48-41)31-16-5-2-6-17-31)32-26-27-44-40(28-32)47(37-22-10-7-18-33(37)34-19-8-11-23-38(34)47)39-24-13-21-36-35-20-9-12-25-43(35)50(44)45(36)39;1-3-14-30(15-4-1)41-29-42(31-16-5-2-6-17-31)49-46(48-41)32-26-27-34-33-18-7-9-21-37(33)47(40(34)28-32)38-22-10-12-25-44(38)50-43-24-11-8-19-35(43)36-20-13-23-39(47)45(36)50/h2*1-29H. The van der Waals surface area contributed by atoms with Crippen molar-refractivity contribution in [2.45, 2.75) is 10.8 Å². The van der Waals surface area contributed by atoms with Crippen molar-refractivity contribution in [2.24, 2.45) is 0 Å². The van der Waals surface area contributed by atoms with Crippen LogP contribution in [0.1, 0.15) is 44.5 Å². The summed E-state index contributed by atoms with van der Waals surface area (Å²) in [5.74, 6) is 1.44. The van der Waals surface area contributed by atoms with E-state index in [1.807, 2.05) is 36.4 Å². The molecule has 6 heteroatoms. The molecule has 0 saturated carbocycles. The molecule has 6 nitrogen and oxygen atoms in total. The summed E-state index contributed by atoms with van der Waals surface area (Å²) in [6, 6.07) is 127. The molecular formula is C94H58N6. The molecule has 6 heterocycles. The lowest BCUT2D eigenvalue weighted by atomic mass is 9.65. The van der Waals surface area contributed by atoms with Gasteiger partial charge in [0.25, 0.3) is 0 Å². The summed E-state index contributed by atoms with van der Waals surface area (Å²) in [6.45, 7) is 0. The molecule has 2 spiro atoms. The minimum absolute atomic E-state index is 0.514. The van der Waals surface area contributed by atoms with Gasteiger partial charge in [0.15, 0.2) is 11.6 Å². The number of aromatic nitrogens is 6. The SMILES string of the molecule is c1ccc(-c2cc(-c3ccc4c(c3)C3(c5ccccc5-c5ccccc53)c3cccc5c6ccccc6n-4c35)nc(-c3ccccc3)n2)cc1.c1ccc(-c2cc(-c3ccccc3)nc(-c3ccc4c(c3)C3(c5ccccc5-4)c4ccccc4-n4c5ccccc5c5cccc3c54)n2)cc1. The molecule has 22 rings (SSSR count). The van der Waals surface area contributed by atoms with E-state index in [0.29, 0.717) is 0 Å². The van der Waals surface area contributed by atoms with Crippen molar-refractivity contribution < 1.29 is 0 Å². The summed E-state index contributed by atoms with van der Waals surface area (Å²) in [5.41, 5.74) is 31.8. The first-order chi connectivity index (χ1) is 49.6. The van der Waals surface area contributed by atoms with Crippen LogP contribution in [0, 0.1) is 0 Å². The maximum atomic E-state index is 5.26. The summed E-state index contributed by atoms with van der Waals surface area (Å²) in [7, 11) is 0. The molecule has 4 aliphatic rings. The van der Waals surface area contributed by atoms with Gasteiger partial charge in [-0.15, -0.1) is 0 Å². The topological polar surface area (TPSA) is 61.4 Å². The van der Waals surface area contributed by atoms with E-state index in [-0.39, 0.29) is 0 Å². The van der Waals surface area contributed by atoms with Crippen LogP contribution in [-0.4, -0.2) is 29.1 Å². The van der Waals surface area contributed by atoms with E-state index >= 15 is 0 Å². The Morgan fingerprint density at radius 2 is 0.540 bits per heavy atom. The van der Waals surface area contributed by atoms with Gasteiger partial charge in [-0.2, -0.15) is 0 Å². The molecule has 2 aliphatic carbocycles. The Bertz CT molecular complexity index is 6220. The van der Waals surface area contributed by atoms with Gasteiger partial charge in [0.2, 0.25) is 0 Å². The average molecular weight is 1270 g/mol.